The van der Waals surface area contributed by atoms with Crippen molar-refractivity contribution in [2.24, 2.45) is 5.73 Å². The lowest BCUT2D eigenvalue weighted by molar-refractivity contribution is -0.129. The van der Waals surface area contributed by atoms with Gasteiger partial charge in [-0.15, -0.1) is 0 Å². The number of hydrazine groups is 1. The number of anilines is 1. The first-order valence-corrected chi connectivity index (χ1v) is 7.91. The summed E-state index contributed by atoms with van der Waals surface area (Å²) in [7, 11) is 0. The molecule has 5 N–H and O–H groups in total. The van der Waals surface area contributed by atoms with E-state index in [4.69, 9.17) is 17.3 Å². The number of hydrogen-bond acceptors (Lipinski definition) is 5. The van der Waals surface area contributed by atoms with E-state index in [-0.39, 0.29) is 0 Å². The van der Waals surface area contributed by atoms with Crippen LogP contribution in [0.1, 0.15) is 13.3 Å². The Balaban J connectivity index is 2.40. The maximum absolute atomic E-state index is 11.7. The van der Waals surface area contributed by atoms with Gasteiger partial charge < -0.3 is 10.8 Å². The molecule has 7 heteroatoms. The molecule has 0 saturated heterocycles. The minimum Gasteiger partial charge on any atom is -0.382 e. The zero-order chi connectivity index (χ0) is 15.0. The molecule has 0 aromatic heterocycles. The fourth-order valence-corrected chi connectivity index (χ4v) is 2.39. The second-order valence-electron chi connectivity index (χ2n) is 4.19. The number of nitrogens with two attached hydrogens (primary N) is 1. The second kappa shape index (κ2) is 9.07. The van der Waals surface area contributed by atoms with Gasteiger partial charge in [0.25, 0.3) is 5.91 Å². The molecule has 1 aromatic carbocycles. The van der Waals surface area contributed by atoms with Crippen LogP contribution in [0.4, 0.5) is 5.69 Å². The van der Waals surface area contributed by atoms with Gasteiger partial charge in [0.15, 0.2) is 0 Å². The number of rotatable bonds is 8. The van der Waals surface area contributed by atoms with Crippen LogP contribution in [0.5, 0.6) is 0 Å². The van der Waals surface area contributed by atoms with Crippen molar-refractivity contribution < 1.29 is 9.90 Å². The molecule has 0 spiro atoms. The van der Waals surface area contributed by atoms with Crippen LogP contribution in [0.2, 0.25) is 5.02 Å². The van der Waals surface area contributed by atoms with E-state index in [9.17, 15) is 9.90 Å². The summed E-state index contributed by atoms with van der Waals surface area (Å²) in [5, 5.41) is 10.3. The lowest BCUT2D eigenvalue weighted by Crippen LogP contribution is -2.48. The lowest BCUT2D eigenvalue weighted by atomic mass is 10.1. The number of aliphatic hydroxyl groups is 1. The van der Waals surface area contributed by atoms with Crippen LogP contribution < -0.4 is 16.6 Å². The molecule has 0 heterocycles. The first kappa shape index (κ1) is 17.1. The Bertz CT molecular complexity index is 434. The summed E-state index contributed by atoms with van der Waals surface area (Å²) in [6.07, 6.45) is -0.665. The molecule has 0 aliphatic rings. The molecular formula is C13H20ClN3O2S. The third kappa shape index (κ3) is 5.58. The van der Waals surface area contributed by atoms with E-state index in [0.29, 0.717) is 17.1 Å². The van der Waals surface area contributed by atoms with Crippen LogP contribution in [-0.2, 0) is 4.79 Å². The third-order valence-electron chi connectivity index (χ3n) is 2.67. The van der Waals surface area contributed by atoms with E-state index in [1.165, 1.54) is 0 Å². The average Bonchev–Trinajstić information content (AvgIpc) is 2.45. The van der Waals surface area contributed by atoms with Crippen molar-refractivity contribution in [3.63, 3.8) is 0 Å². The van der Waals surface area contributed by atoms with Crippen molar-refractivity contribution >= 4 is 35.0 Å². The minimum absolute atomic E-state index is 0.478. The van der Waals surface area contributed by atoms with Gasteiger partial charge in [0.2, 0.25) is 0 Å². The first-order valence-electron chi connectivity index (χ1n) is 6.38. The van der Waals surface area contributed by atoms with Crippen LogP contribution in [-0.4, -0.2) is 34.7 Å². The number of benzene rings is 1. The summed E-state index contributed by atoms with van der Waals surface area (Å²) >= 11 is 7.65. The largest absolute Gasteiger partial charge is 0.382 e. The van der Waals surface area contributed by atoms with E-state index in [2.05, 4.69) is 10.9 Å². The van der Waals surface area contributed by atoms with Crippen molar-refractivity contribution in [2.75, 3.05) is 16.9 Å². The predicted molar refractivity (Wildman–Crippen MR) is 84.8 cm³/mol. The number of amides is 1. The van der Waals surface area contributed by atoms with Crippen LogP contribution in [0.15, 0.2) is 24.3 Å². The number of carbonyl (C=O) groups excluding carboxylic acids is 1. The smallest absolute Gasteiger partial charge is 0.268 e. The van der Waals surface area contributed by atoms with Gasteiger partial charge in [-0.05, 0) is 30.1 Å². The number of para-hydroxylation sites is 1. The summed E-state index contributed by atoms with van der Waals surface area (Å²) < 4.78 is 0. The summed E-state index contributed by atoms with van der Waals surface area (Å²) in [5.74, 6) is 1.24. The summed E-state index contributed by atoms with van der Waals surface area (Å²) in [6.45, 7) is 2.05. The van der Waals surface area contributed by atoms with Gasteiger partial charge in [-0.1, -0.05) is 30.7 Å². The van der Waals surface area contributed by atoms with Crippen molar-refractivity contribution in [1.29, 1.82) is 0 Å². The minimum atomic E-state index is -1.25. The van der Waals surface area contributed by atoms with Crippen LogP contribution in [0, 0.1) is 0 Å². The molecule has 0 radical (unpaired) electrons. The predicted octanol–water partition coefficient (Wildman–Crippen LogP) is 1.61. The number of carbonyl (C=O) groups is 1. The van der Waals surface area contributed by atoms with Gasteiger partial charge in [-0.25, -0.2) is 0 Å². The van der Waals surface area contributed by atoms with Crippen LogP contribution >= 0.6 is 23.4 Å². The Hall–Kier alpha value is -0.950. The van der Waals surface area contributed by atoms with Gasteiger partial charge in [0.05, 0.1) is 10.7 Å². The molecule has 112 valence electrons. The van der Waals surface area contributed by atoms with Crippen LogP contribution in [0.3, 0.4) is 0 Å². The topological polar surface area (TPSA) is 87.4 Å². The highest BCUT2D eigenvalue weighted by Gasteiger charge is 2.22. The van der Waals surface area contributed by atoms with Crippen LogP contribution in [0.25, 0.3) is 0 Å². The SMILES string of the molecule is CCSCCC(N)C(O)C(=O)NNc1ccccc1Cl. The third-order valence-corrected chi connectivity index (χ3v) is 3.93. The fraction of sp³-hybridized carbons (Fsp3) is 0.462. The lowest BCUT2D eigenvalue weighted by Gasteiger charge is -2.19. The maximum Gasteiger partial charge on any atom is 0.268 e. The Morgan fingerprint density at radius 3 is 2.85 bits per heavy atom. The zero-order valence-electron chi connectivity index (χ0n) is 11.3. The van der Waals surface area contributed by atoms with Crippen molar-refractivity contribution in [2.45, 2.75) is 25.5 Å². The normalized spacial score (nSPS) is 13.6. The first-order chi connectivity index (χ1) is 9.56. The zero-order valence-corrected chi connectivity index (χ0v) is 12.9. The van der Waals surface area contributed by atoms with E-state index in [1.807, 2.05) is 6.92 Å². The molecule has 0 aliphatic heterocycles. The Morgan fingerprint density at radius 2 is 2.20 bits per heavy atom. The highest BCUT2D eigenvalue weighted by Crippen LogP contribution is 2.19. The number of aliphatic hydroxyl groups excluding tert-OH is 1. The second-order valence-corrected chi connectivity index (χ2v) is 5.99. The van der Waals surface area contributed by atoms with E-state index >= 15 is 0 Å². The Morgan fingerprint density at radius 1 is 1.50 bits per heavy atom. The molecule has 0 fully saturated rings. The van der Waals surface area contributed by atoms with Gasteiger partial charge in [-0.2, -0.15) is 11.8 Å². The summed E-state index contributed by atoms with van der Waals surface area (Å²) in [6, 6.07) is 6.39. The van der Waals surface area contributed by atoms with Gasteiger partial charge in [0, 0.05) is 6.04 Å². The number of hydrogen-bond donors (Lipinski definition) is 4. The van der Waals surface area contributed by atoms with E-state index in [0.717, 1.165) is 11.5 Å². The number of thioether (sulfide) groups is 1. The molecule has 2 atom stereocenters. The number of nitrogens with one attached hydrogen (secondary N) is 2. The van der Waals surface area contributed by atoms with E-state index < -0.39 is 18.1 Å². The fourth-order valence-electron chi connectivity index (χ4n) is 1.48. The molecule has 1 rings (SSSR count). The standard InChI is InChI=1S/C13H20ClN3O2S/c1-2-20-8-7-10(15)12(18)13(19)17-16-11-6-4-3-5-9(11)14/h3-6,10,12,16,18H,2,7-8,15H2,1H3,(H,17,19). The Kier molecular flexibility index (Phi) is 7.76. The molecule has 0 bridgehead atoms. The maximum atomic E-state index is 11.7. The highest BCUT2D eigenvalue weighted by molar-refractivity contribution is 7.99. The quantitative estimate of drug-likeness (QED) is 0.432. The molecule has 1 amide bonds. The molecule has 0 aliphatic carbocycles. The van der Waals surface area contributed by atoms with E-state index in [1.54, 1.807) is 36.0 Å². The molecule has 20 heavy (non-hydrogen) atoms. The summed E-state index contributed by atoms with van der Waals surface area (Å²) in [5.41, 5.74) is 11.4. The Labute approximate surface area is 128 Å². The molecule has 0 saturated carbocycles. The number of halogens is 1. The molecule has 1 aromatic rings. The molecule has 2 unspecified atom stereocenters. The van der Waals surface area contributed by atoms with Gasteiger partial charge in [0.1, 0.15) is 6.10 Å². The van der Waals surface area contributed by atoms with Crippen molar-refractivity contribution in [3.8, 4) is 0 Å². The van der Waals surface area contributed by atoms with Crippen molar-refractivity contribution in [3.05, 3.63) is 29.3 Å². The molecule has 5 nitrogen and oxygen atoms in total. The average molecular weight is 318 g/mol. The van der Waals surface area contributed by atoms with Crippen molar-refractivity contribution in [1.82, 2.24) is 5.43 Å². The molecular weight excluding hydrogens is 298 g/mol. The van der Waals surface area contributed by atoms with Gasteiger partial charge >= 0.3 is 0 Å². The highest BCUT2D eigenvalue weighted by atomic mass is 35.5. The van der Waals surface area contributed by atoms with Gasteiger partial charge in [-0.3, -0.25) is 15.6 Å². The summed E-state index contributed by atoms with van der Waals surface area (Å²) in [4.78, 5) is 11.7. The monoisotopic (exact) mass is 317 g/mol.